The van der Waals surface area contributed by atoms with Crippen LogP contribution in [0.25, 0.3) is 0 Å². The van der Waals surface area contributed by atoms with Crippen LogP contribution < -0.4 is 14.8 Å². The molecular weight excluding hydrogens is 402 g/mol. The van der Waals surface area contributed by atoms with Crippen LogP contribution in [0.3, 0.4) is 0 Å². The molecule has 0 fully saturated rings. The summed E-state index contributed by atoms with van der Waals surface area (Å²) in [4.78, 5) is 16.4. The maximum absolute atomic E-state index is 12.5. The summed E-state index contributed by atoms with van der Waals surface area (Å²) in [6.07, 6.45) is 1.45. The summed E-state index contributed by atoms with van der Waals surface area (Å²) in [7, 11) is -3.74. The molecule has 1 heterocycles. The van der Waals surface area contributed by atoms with Crippen molar-refractivity contribution in [1.29, 1.82) is 0 Å². The van der Waals surface area contributed by atoms with Crippen molar-refractivity contribution in [3.8, 4) is 5.75 Å². The minimum Gasteiger partial charge on any atom is -0.484 e. The first kappa shape index (κ1) is 21.8. The van der Waals surface area contributed by atoms with Gasteiger partial charge in [-0.3, -0.25) is 14.5 Å². The van der Waals surface area contributed by atoms with Crippen LogP contribution in [0.4, 0.5) is 5.69 Å². The zero-order chi connectivity index (χ0) is 21.8. The van der Waals surface area contributed by atoms with Gasteiger partial charge in [-0.25, -0.2) is 8.42 Å². The largest absolute Gasteiger partial charge is 0.484 e. The maximum atomic E-state index is 12.5. The van der Waals surface area contributed by atoms with Gasteiger partial charge in [0.05, 0.1) is 4.90 Å². The number of ether oxygens (including phenoxy) is 1. The maximum Gasteiger partial charge on any atom is 0.262 e. The number of amides is 1. The predicted octanol–water partition coefficient (Wildman–Crippen LogP) is 3.47. The molecule has 30 heavy (non-hydrogen) atoms. The van der Waals surface area contributed by atoms with E-state index in [0.717, 1.165) is 6.42 Å². The van der Waals surface area contributed by atoms with Gasteiger partial charge in [0, 0.05) is 18.7 Å². The third-order valence-electron chi connectivity index (χ3n) is 4.64. The van der Waals surface area contributed by atoms with Gasteiger partial charge in [0.15, 0.2) is 6.61 Å². The molecule has 0 aliphatic carbocycles. The number of anilines is 1. The Morgan fingerprint density at radius 1 is 1.13 bits per heavy atom. The summed E-state index contributed by atoms with van der Waals surface area (Å²) in [6, 6.07) is 13.7. The molecule has 0 atom stereocenters. The first-order chi connectivity index (χ1) is 14.1. The summed E-state index contributed by atoms with van der Waals surface area (Å²) < 4.78 is 33.0. The van der Waals surface area contributed by atoms with Gasteiger partial charge in [-0.15, -0.1) is 0 Å². The fourth-order valence-electron chi connectivity index (χ4n) is 2.98. The van der Waals surface area contributed by atoms with Gasteiger partial charge in [-0.05, 0) is 47.7 Å². The summed E-state index contributed by atoms with van der Waals surface area (Å²) in [5.41, 5.74) is 1.60. The van der Waals surface area contributed by atoms with Gasteiger partial charge in [0.1, 0.15) is 11.6 Å². The SMILES string of the molecule is CC(C)(C)c1ccc(OCC(=O)Nc2cccc(S(=O)(=O)NC3=NCCC3)c2)cc1. The number of nitrogens with one attached hydrogen (secondary N) is 2. The quantitative estimate of drug-likeness (QED) is 0.735. The number of sulfonamides is 1. The summed E-state index contributed by atoms with van der Waals surface area (Å²) in [5, 5.41) is 2.67. The molecular formula is C22H27N3O4S. The van der Waals surface area contributed by atoms with E-state index in [2.05, 4.69) is 35.8 Å². The van der Waals surface area contributed by atoms with Crippen molar-refractivity contribution in [2.24, 2.45) is 4.99 Å². The molecule has 0 saturated heterocycles. The molecule has 2 N–H and O–H groups in total. The minimum atomic E-state index is -3.74. The molecule has 1 aliphatic heterocycles. The van der Waals surface area contributed by atoms with Crippen LogP contribution in [0.2, 0.25) is 0 Å². The third-order valence-corrected chi connectivity index (χ3v) is 6.02. The molecule has 160 valence electrons. The van der Waals surface area contributed by atoms with E-state index in [1.807, 2.05) is 24.3 Å². The van der Waals surface area contributed by atoms with Crippen molar-refractivity contribution in [3.05, 3.63) is 54.1 Å². The predicted molar refractivity (Wildman–Crippen MR) is 118 cm³/mol. The van der Waals surface area contributed by atoms with Gasteiger partial charge in [0.25, 0.3) is 15.9 Å². The molecule has 0 bridgehead atoms. The van der Waals surface area contributed by atoms with Crippen molar-refractivity contribution in [2.45, 2.75) is 43.9 Å². The average molecular weight is 430 g/mol. The van der Waals surface area contributed by atoms with E-state index in [0.29, 0.717) is 30.2 Å². The van der Waals surface area contributed by atoms with Crippen molar-refractivity contribution < 1.29 is 17.9 Å². The zero-order valence-electron chi connectivity index (χ0n) is 17.4. The van der Waals surface area contributed by atoms with Crippen LogP contribution in [0.1, 0.15) is 39.2 Å². The molecule has 0 spiro atoms. The monoisotopic (exact) mass is 429 g/mol. The highest BCUT2D eigenvalue weighted by atomic mass is 32.2. The van der Waals surface area contributed by atoms with E-state index in [1.165, 1.54) is 17.7 Å². The Hall–Kier alpha value is -2.87. The lowest BCUT2D eigenvalue weighted by Gasteiger charge is -2.19. The van der Waals surface area contributed by atoms with Crippen LogP contribution >= 0.6 is 0 Å². The van der Waals surface area contributed by atoms with Crippen LogP contribution in [0, 0.1) is 0 Å². The van der Waals surface area contributed by atoms with Gasteiger partial charge in [-0.2, -0.15) is 0 Å². The fraction of sp³-hybridized carbons (Fsp3) is 0.364. The molecule has 0 radical (unpaired) electrons. The summed E-state index contributed by atoms with van der Waals surface area (Å²) in [5.74, 6) is 0.684. The fourth-order valence-corrected chi connectivity index (χ4v) is 4.11. The molecule has 8 heteroatoms. The Kier molecular flexibility index (Phi) is 6.45. The lowest BCUT2D eigenvalue weighted by atomic mass is 9.87. The molecule has 1 aliphatic rings. The number of rotatable bonds is 6. The summed E-state index contributed by atoms with van der Waals surface area (Å²) >= 11 is 0. The number of benzene rings is 2. The number of carbonyl (C=O) groups is 1. The molecule has 3 rings (SSSR count). The Morgan fingerprint density at radius 3 is 2.50 bits per heavy atom. The number of nitrogens with zero attached hydrogens (tertiary/aromatic N) is 1. The number of carbonyl (C=O) groups excluding carboxylic acids is 1. The Bertz CT molecular complexity index is 1040. The first-order valence-electron chi connectivity index (χ1n) is 9.83. The second kappa shape index (κ2) is 8.87. The van der Waals surface area contributed by atoms with E-state index < -0.39 is 10.0 Å². The second-order valence-electron chi connectivity index (χ2n) is 8.18. The van der Waals surface area contributed by atoms with Crippen LogP contribution in [0.5, 0.6) is 5.75 Å². The van der Waals surface area contributed by atoms with Crippen molar-refractivity contribution >= 4 is 27.5 Å². The number of amidine groups is 1. The van der Waals surface area contributed by atoms with Crippen molar-refractivity contribution in [2.75, 3.05) is 18.5 Å². The van der Waals surface area contributed by atoms with Crippen molar-refractivity contribution in [3.63, 3.8) is 0 Å². The van der Waals surface area contributed by atoms with Crippen LogP contribution in [0.15, 0.2) is 58.4 Å². The van der Waals surface area contributed by atoms with Gasteiger partial charge < -0.3 is 10.1 Å². The average Bonchev–Trinajstić information content (AvgIpc) is 3.18. The standard InChI is InChI=1S/C22H27N3O4S/c1-22(2,3)16-9-11-18(12-10-16)29-15-21(26)24-17-6-4-7-19(14-17)30(27,28)25-20-8-5-13-23-20/h4,6-7,9-12,14H,5,8,13,15H2,1-3H3,(H,23,25)(H,24,26). The molecule has 2 aromatic carbocycles. The zero-order valence-corrected chi connectivity index (χ0v) is 18.3. The van der Waals surface area contributed by atoms with E-state index in [-0.39, 0.29) is 22.8 Å². The normalized spacial score (nSPS) is 14.2. The van der Waals surface area contributed by atoms with E-state index in [4.69, 9.17) is 4.74 Å². The third kappa shape index (κ3) is 5.82. The van der Waals surface area contributed by atoms with Gasteiger partial charge in [-0.1, -0.05) is 39.0 Å². The van der Waals surface area contributed by atoms with E-state index in [9.17, 15) is 13.2 Å². The lowest BCUT2D eigenvalue weighted by molar-refractivity contribution is -0.118. The van der Waals surface area contributed by atoms with E-state index >= 15 is 0 Å². The topological polar surface area (TPSA) is 96.9 Å². The molecule has 2 aromatic rings. The number of hydrogen-bond acceptors (Lipinski definition) is 5. The molecule has 0 saturated carbocycles. The second-order valence-corrected chi connectivity index (χ2v) is 9.86. The van der Waals surface area contributed by atoms with Crippen LogP contribution in [-0.4, -0.2) is 33.3 Å². The Labute approximate surface area is 177 Å². The highest BCUT2D eigenvalue weighted by Crippen LogP contribution is 2.24. The minimum absolute atomic E-state index is 0.0421. The first-order valence-corrected chi connectivity index (χ1v) is 11.3. The van der Waals surface area contributed by atoms with Crippen LogP contribution in [-0.2, 0) is 20.2 Å². The Morgan fingerprint density at radius 2 is 1.87 bits per heavy atom. The lowest BCUT2D eigenvalue weighted by Crippen LogP contribution is -2.29. The highest BCUT2D eigenvalue weighted by molar-refractivity contribution is 7.90. The van der Waals surface area contributed by atoms with Crippen molar-refractivity contribution in [1.82, 2.24) is 4.72 Å². The highest BCUT2D eigenvalue weighted by Gasteiger charge is 2.19. The molecule has 0 unspecified atom stereocenters. The molecule has 0 aromatic heterocycles. The molecule has 7 nitrogen and oxygen atoms in total. The molecule has 1 amide bonds. The number of aliphatic imine (C=N–C) groups is 1. The van der Waals surface area contributed by atoms with Gasteiger partial charge >= 0.3 is 0 Å². The number of hydrogen-bond donors (Lipinski definition) is 2. The Balaban J connectivity index is 1.58. The van der Waals surface area contributed by atoms with E-state index in [1.54, 1.807) is 12.1 Å². The van der Waals surface area contributed by atoms with Gasteiger partial charge in [0.2, 0.25) is 0 Å². The smallest absolute Gasteiger partial charge is 0.262 e. The summed E-state index contributed by atoms with van der Waals surface area (Å²) in [6.45, 7) is 6.83.